The van der Waals surface area contributed by atoms with E-state index in [0.29, 0.717) is 36.1 Å². The van der Waals surface area contributed by atoms with E-state index in [4.69, 9.17) is 4.74 Å². The van der Waals surface area contributed by atoms with E-state index in [-0.39, 0.29) is 34.6 Å². The number of hydrogen-bond donors (Lipinski definition) is 0. The lowest BCUT2D eigenvalue weighted by Gasteiger charge is -2.22. The first kappa shape index (κ1) is 21.7. The number of aryl methyl sites for hydroxylation is 1. The van der Waals surface area contributed by atoms with Crippen molar-refractivity contribution in [3.05, 3.63) is 93.8 Å². The van der Waals surface area contributed by atoms with E-state index < -0.39 is 23.3 Å². The third-order valence-electron chi connectivity index (χ3n) is 6.70. The van der Waals surface area contributed by atoms with Crippen molar-refractivity contribution in [3.63, 3.8) is 0 Å². The van der Waals surface area contributed by atoms with E-state index in [1.165, 1.54) is 0 Å². The molecule has 1 unspecified atom stereocenters. The topological polar surface area (TPSA) is 9.23 Å². The molecule has 1 heterocycles. The first-order valence-electron chi connectivity index (χ1n) is 11.3. The second-order valence-corrected chi connectivity index (χ2v) is 8.89. The first-order valence-corrected chi connectivity index (χ1v) is 11.3. The molecule has 0 aromatic heterocycles. The van der Waals surface area contributed by atoms with Gasteiger partial charge >= 0.3 is 0 Å². The van der Waals surface area contributed by atoms with Crippen molar-refractivity contribution < 1.29 is 22.3 Å². The van der Waals surface area contributed by atoms with Crippen LogP contribution in [-0.4, -0.2) is 6.61 Å². The Hall–Kier alpha value is -3.08. The molecular weight excluding hydrogens is 428 g/mol. The van der Waals surface area contributed by atoms with Crippen LogP contribution < -0.4 is 0 Å². The highest BCUT2D eigenvalue weighted by atomic mass is 19.2. The quantitative estimate of drug-likeness (QED) is 0.287. The van der Waals surface area contributed by atoms with Crippen LogP contribution in [0.5, 0.6) is 0 Å². The lowest BCUT2D eigenvalue weighted by molar-refractivity contribution is 0.177. The van der Waals surface area contributed by atoms with Crippen LogP contribution in [0.25, 0.3) is 22.3 Å². The van der Waals surface area contributed by atoms with E-state index in [9.17, 15) is 8.78 Å². The molecule has 1 nitrogen and oxygen atoms in total. The summed E-state index contributed by atoms with van der Waals surface area (Å²) in [6, 6.07) is 10.5. The van der Waals surface area contributed by atoms with Gasteiger partial charge in [-0.15, -0.1) is 0 Å². The summed E-state index contributed by atoms with van der Waals surface area (Å²) >= 11 is 0. The zero-order chi connectivity index (χ0) is 23.3. The average Bonchev–Trinajstić information content (AvgIpc) is 3.19. The van der Waals surface area contributed by atoms with Gasteiger partial charge in [-0.25, -0.2) is 17.6 Å². The fourth-order valence-electron chi connectivity index (χ4n) is 4.94. The molecule has 0 bridgehead atoms. The molecule has 0 radical (unpaired) electrons. The van der Waals surface area contributed by atoms with E-state index in [1.807, 2.05) is 32.1 Å². The Morgan fingerprint density at radius 2 is 1.55 bits per heavy atom. The summed E-state index contributed by atoms with van der Waals surface area (Å²) in [7, 11) is 0. The summed E-state index contributed by atoms with van der Waals surface area (Å²) < 4.78 is 65.4. The number of hydrogen-bond acceptors (Lipinski definition) is 1. The lowest BCUT2D eigenvalue weighted by Crippen LogP contribution is -2.11. The fourth-order valence-corrected chi connectivity index (χ4v) is 4.94. The molecule has 0 amide bonds. The minimum absolute atomic E-state index is 0.121. The maximum absolute atomic E-state index is 15.2. The molecule has 0 saturated carbocycles. The fraction of sp³-hybridized carbons (Fsp3) is 0.286. The third kappa shape index (κ3) is 3.64. The van der Waals surface area contributed by atoms with Gasteiger partial charge in [0.05, 0.1) is 12.4 Å². The Kier molecular flexibility index (Phi) is 5.51. The van der Waals surface area contributed by atoms with Gasteiger partial charge < -0.3 is 4.74 Å². The molecule has 1 atom stereocenters. The smallest absolute Gasteiger partial charge is 0.167 e. The van der Waals surface area contributed by atoms with Gasteiger partial charge in [-0.1, -0.05) is 43.7 Å². The number of halogens is 4. The predicted molar refractivity (Wildman–Crippen MR) is 121 cm³/mol. The maximum atomic E-state index is 15.2. The molecule has 3 aromatic rings. The lowest BCUT2D eigenvalue weighted by atomic mass is 9.92. The normalized spacial score (nSPS) is 16.8. The minimum atomic E-state index is -1.13. The van der Waals surface area contributed by atoms with Crippen LogP contribution in [0.15, 0.2) is 48.2 Å². The van der Waals surface area contributed by atoms with Gasteiger partial charge in [-0.05, 0) is 66.1 Å². The Morgan fingerprint density at radius 1 is 0.879 bits per heavy atom. The van der Waals surface area contributed by atoms with Crippen molar-refractivity contribution >= 4 is 0 Å². The first-order chi connectivity index (χ1) is 15.9. The summed E-state index contributed by atoms with van der Waals surface area (Å²) in [5, 5.41) is 0. The molecule has 3 aromatic carbocycles. The number of rotatable bonds is 4. The minimum Gasteiger partial charge on any atom is -0.498 e. The van der Waals surface area contributed by atoms with E-state index in [0.717, 1.165) is 17.7 Å². The Balaban J connectivity index is 1.53. The van der Waals surface area contributed by atoms with Crippen LogP contribution in [0, 0.1) is 23.3 Å². The van der Waals surface area contributed by atoms with Crippen LogP contribution in [0.3, 0.4) is 0 Å². The van der Waals surface area contributed by atoms with Crippen molar-refractivity contribution in [2.24, 2.45) is 0 Å². The second kappa shape index (κ2) is 8.36. The average molecular weight is 452 g/mol. The van der Waals surface area contributed by atoms with Crippen LogP contribution in [0.4, 0.5) is 17.6 Å². The number of fused-ring (bicyclic) bond motifs is 3. The van der Waals surface area contributed by atoms with E-state index >= 15 is 8.78 Å². The monoisotopic (exact) mass is 452 g/mol. The predicted octanol–water partition coefficient (Wildman–Crippen LogP) is 7.84. The zero-order valence-electron chi connectivity index (χ0n) is 18.6. The molecule has 5 heteroatoms. The number of allylic oxidation sites excluding steroid dienone is 2. The highest BCUT2D eigenvalue weighted by molar-refractivity contribution is 5.82. The third-order valence-corrected chi connectivity index (χ3v) is 6.70. The molecule has 1 aliphatic carbocycles. The van der Waals surface area contributed by atoms with E-state index in [1.54, 1.807) is 24.3 Å². The molecule has 0 spiro atoms. The summed E-state index contributed by atoms with van der Waals surface area (Å²) in [6.07, 6.45) is 4.21. The largest absolute Gasteiger partial charge is 0.498 e. The van der Waals surface area contributed by atoms with Crippen LogP contribution in [-0.2, 0) is 17.6 Å². The maximum Gasteiger partial charge on any atom is 0.167 e. The van der Waals surface area contributed by atoms with Gasteiger partial charge in [0, 0.05) is 22.6 Å². The molecule has 33 heavy (non-hydrogen) atoms. The SMILES string of the molecule is CCCc1cc2c(c(F)c1F)-c1c(cc(-c3ccc(C4CC=C(C)OC4)cc3)c(F)c1F)C2. The molecule has 0 saturated heterocycles. The summed E-state index contributed by atoms with van der Waals surface area (Å²) in [4.78, 5) is 0. The molecular formula is C28H24F4O. The van der Waals surface area contributed by atoms with Crippen LogP contribution >= 0.6 is 0 Å². The molecule has 5 rings (SSSR count). The van der Waals surface area contributed by atoms with E-state index in [2.05, 4.69) is 0 Å². The number of ether oxygens (including phenoxy) is 1. The van der Waals surface area contributed by atoms with Gasteiger partial charge in [-0.3, -0.25) is 0 Å². The van der Waals surface area contributed by atoms with Crippen molar-refractivity contribution in [1.29, 1.82) is 0 Å². The summed E-state index contributed by atoms with van der Waals surface area (Å²) in [5.74, 6) is -3.12. The highest BCUT2D eigenvalue weighted by Gasteiger charge is 2.32. The molecule has 1 aliphatic heterocycles. The van der Waals surface area contributed by atoms with Gasteiger partial charge in [0.1, 0.15) is 0 Å². The zero-order valence-corrected chi connectivity index (χ0v) is 18.6. The second-order valence-electron chi connectivity index (χ2n) is 8.89. The molecule has 170 valence electrons. The Labute approximate surface area is 190 Å². The van der Waals surface area contributed by atoms with Crippen molar-refractivity contribution in [3.8, 4) is 22.3 Å². The molecule has 0 N–H and O–H groups in total. The summed E-state index contributed by atoms with van der Waals surface area (Å²) in [6.45, 7) is 4.39. The Morgan fingerprint density at radius 3 is 2.18 bits per heavy atom. The summed E-state index contributed by atoms with van der Waals surface area (Å²) in [5.41, 5.74) is 2.65. The van der Waals surface area contributed by atoms with Crippen LogP contribution in [0.1, 0.15) is 54.9 Å². The van der Waals surface area contributed by atoms with Gasteiger partial charge in [0.2, 0.25) is 0 Å². The molecule has 2 aliphatic rings. The van der Waals surface area contributed by atoms with Crippen molar-refractivity contribution in [2.75, 3.05) is 6.61 Å². The Bertz CT molecular complexity index is 1270. The van der Waals surface area contributed by atoms with Crippen molar-refractivity contribution in [1.82, 2.24) is 0 Å². The standard InChI is InChI=1S/C28H24F4O/c1-3-4-18-11-20-12-21-13-22(26(30)28(32)24(21)23(20)27(31)25(18)29)17-9-7-16(8-10-17)19-6-5-15(2)33-14-19/h5,7-11,13,19H,3-4,6,12,14H2,1-2H3. The van der Waals surface area contributed by atoms with Crippen molar-refractivity contribution in [2.45, 2.75) is 45.4 Å². The van der Waals surface area contributed by atoms with Gasteiger partial charge in [-0.2, -0.15) is 0 Å². The van der Waals surface area contributed by atoms with Crippen LogP contribution in [0.2, 0.25) is 0 Å². The molecule has 0 fully saturated rings. The van der Waals surface area contributed by atoms with Gasteiger partial charge in [0.15, 0.2) is 23.3 Å². The highest BCUT2D eigenvalue weighted by Crippen LogP contribution is 2.45. The number of benzene rings is 3. The van der Waals surface area contributed by atoms with Gasteiger partial charge in [0.25, 0.3) is 0 Å².